The first kappa shape index (κ1) is 16.2. The van der Waals surface area contributed by atoms with Crippen LogP contribution in [-0.2, 0) is 11.3 Å². The van der Waals surface area contributed by atoms with E-state index in [2.05, 4.69) is 10.3 Å². The second-order valence-electron chi connectivity index (χ2n) is 5.81. The zero-order valence-electron chi connectivity index (χ0n) is 13.6. The number of para-hydroxylation sites is 2. The molecule has 1 amide bonds. The molecule has 0 bridgehead atoms. The summed E-state index contributed by atoms with van der Waals surface area (Å²) in [5.74, 6) is -0.290. The van der Waals surface area contributed by atoms with Gasteiger partial charge < -0.3 is 9.88 Å². The molecule has 0 spiro atoms. The molecule has 0 fully saturated rings. The summed E-state index contributed by atoms with van der Waals surface area (Å²) in [4.78, 5) is 16.5. The molecular weight excluding hydrogens is 305 g/mol. The van der Waals surface area contributed by atoms with Crippen LogP contribution >= 0.6 is 0 Å². The fraction of sp³-hybridized carbons (Fsp3) is 0.263. The van der Waals surface area contributed by atoms with Crippen LogP contribution in [0, 0.1) is 5.82 Å². The Morgan fingerprint density at radius 1 is 1.21 bits per heavy atom. The number of amides is 1. The fourth-order valence-corrected chi connectivity index (χ4v) is 2.78. The molecule has 0 aliphatic heterocycles. The molecule has 2 aromatic carbocycles. The fourth-order valence-electron chi connectivity index (χ4n) is 2.78. The highest BCUT2D eigenvalue weighted by Gasteiger charge is 2.16. The van der Waals surface area contributed by atoms with Crippen molar-refractivity contribution < 1.29 is 9.18 Å². The zero-order valence-corrected chi connectivity index (χ0v) is 13.6. The number of imidazole rings is 1. The molecule has 4 nitrogen and oxygen atoms in total. The SMILES string of the molecule is CCCC(=O)NC(Cn1cnc2ccccc21)c1ccc(F)cc1. The van der Waals surface area contributed by atoms with Crippen molar-refractivity contribution in [3.05, 3.63) is 66.2 Å². The van der Waals surface area contributed by atoms with Crippen LogP contribution in [0.5, 0.6) is 0 Å². The van der Waals surface area contributed by atoms with Gasteiger partial charge in [-0.1, -0.05) is 31.2 Å². The Labute approximate surface area is 140 Å². The van der Waals surface area contributed by atoms with E-state index in [4.69, 9.17) is 0 Å². The van der Waals surface area contributed by atoms with Crippen LogP contribution in [0.15, 0.2) is 54.9 Å². The molecule has 0 saturated heterocycles. The summed E-state index contributed by atoms with van der Waals surface area (Å²) in [6, 6.07) is 13.9. The number of aromatic nitrogens is 2. The maximum Gasteiger partial charge on any atom is 0.220 e. The van der Waals surface area contributed by atoms with Gasteiger partial charge in [0, 0.05) is 13.0 Å². The van der Waals surface area contributed by atoms with Gasteiger partial charge in [-0.25, -0.2) is 9.37 Å². The average Bonchev–Trinajstić information content (AvgIpc) is 2.98. The number of nitrogens with one attached hydrogen (secondary N) is 1. The van der Waals surface area contributed by atoms with Gasteiger partial charge in [0.25, 0.3) is 0 Å². The maximum atomic E-state index is 13.2. The molecule has 0 saturated carbocycles. The van der Waals surface area contributed by atoms with Crippen molar-refractivity contribution in [1.82, 2.24) is 14.9 Å². The van der Waals surface area contributed by atoms with E-state index >= 15 is 0 Å². The van der Waals surface area contributed by atoms with Gasteiger partial charge in [-0.15, -0.1) is 0 Å². The Bertz CT molecular complexity index is 826. The number of carbonyl (C=O) groups is 1. The number of halogens is 1. The Kier molecular flexibility index (Phi) is 4.89. The molecule has 124 valence electrons. The minimum atomic E-state index is -0.287. The van der Waals surface area contributed by atoms with E-state index in [0.29, 0.717) is 13.0 Å². The van der Waals surface area contributed by atoms with Gasteiger partial charge >= 0.3 is 0 Å². The van der Waals surface area contributed by atoms with Crippen LogP contribution in [0.3, 0.4) is 0 Å². The summed E-state index contributed by atoms with van der Waals surface area (Å²) >= 11 is 0. The third kappa shape index (κ3) is 3.62. The Morgan fingerprint density at radius 2 is 1.96 bits per heavy atom. The van der Waals surface area contributed by atoms with Crippen LogP contribution in [0.2, 0.25) is 0 Å². The van der Waals surface area contributed by atoms with Crippen LogP contribution in [0.25, 0.3) is 11.0 Å². The summed E-state index contributed by atoms with van der Waals surface area (Å²) in [6.45, 7) is 2.51. The summed E-state index contributed by atoms with van der Waals surface area (Å²) < 4.78 is 15.2. The van der Waals surface area contributed by atoms with E-state index in [9.17, 15) is 9.18 Å². The highest BCUT2D eigenvalue weighted by Crippen LogP contribution is 2.20. The van der Waals surface area contributed by atoms with Crippen molar-refractivity contribution in [2.24, 2.45) is 0 Å². The lowest BCUT2D eigenvalue weighted by Crippen LogP contribution is -2.31. The smallest absolute Gasteiger partial charge is 0.220 e. The molecule has 3 rings (SSSR count). The Hall–Kier alpha value is -2.69. The van der Waals surface area contributed by atoms with Crippen molar-refractivity contribution in [1.29, 1.82) is 0 Å². The van der Waals surface area contributed by atoms with E-state index in [1.807, 2.05) is 35.8 Å². The first-order valence-electron chi connectivity index (χ1n) is 8.12. The number of hydrogen-bond acceptors (Lipinski definition) is 2. The minimum Gasteiger partial charge on any atom is -0.347 e. The van der Waals surface area contributed by atoms with Gasteiger partial charge in [-0.2, -0.15) is 0 Å². The molecule has 1 atom stereocenters. The highest BCUT2D eigenvalue weighted by molar-refractivity contribution is 5.77. The largest absolute Gasteiger partial charge is 0.347 e. The molecule has 24 heavy (non-hydrogen) atoms. The highest BCUT2D eigenvalue weighted by atomic mass is 19.1. The average molecular weight is 325 g/mol. The van der Waals surface area contributed by atoms with Crippen LogP contribution < -0.4 is 5.32 Å². The molecule has 3 aromatic rings. The number of benzene rings is 2. The van der Waals surface area contributed by atoms with Gasteiger partial charge in [-0.05, 0) is 36.2 Å². The van der Waals surface area contributed by atoms with Crippen molar-refractivity contribution in [2.45, 2.75) is 32.4 Å². The van der Waals surface area contributed by atoms with E-state index in [0.717, 1.165) is 23.0 Å². The number of nitrogens with zero attached hydrogens (tertiary/aromatic N) is 2. The number of carbonyl (C=O) groups excluding carboxylic acids is 1. The Morgan fingerprint density at radius 3 is 2.71 bits per heavy atom. The summed E-state index contributed by atoms with van der Waals surface area (Å²) in [7, 11) is 0. The van der Waals surface area contributed by atoms with Gasteiger partial charge in [0.1, 0.15) is 5.82 Å². The quantitative estimate of drug-likeness (QED) is 0.748. The normalized spacial score (nSPS) is 12.2. The molecule has 0 aliphatic carbocycles. The van der Waals surface area contributed by atoms with Gasteiger partial charge in [0.2, 0.25) is 5.91 Å². The predicted molar refractivity (Wildman–Crippen MR) is 91.9 cm³/mol. The van der Waals surface area contributed by atoms with Gasteiger partial charge in [0.15, 0.2) is 0 Å². The van der Waals surface area contributed by atoms with Crippen LogP contribution in [0.1, 0.15) is 31.4 Å². The van der Waals surface area contributed by atoms with E-state index in [-0.39, 0.29) is 17.8 Å². The van der Waals surface area contributed by atoms with Crippen LogP contribution in [-0.4, -0.2) is 15.5 Å². The van der Waals surface area contributed by atoms with E-state index < -0.39 is 0 Å². The molecule has 1 heterocycles. The lowest BCUT2D eigenvalue weighted by atomic mass is 10.1. The number of fused-ring (bicyclic) bond motifs is 1. The molecule has 1 aromatic heterocycles. The number of rotatable bonds is 6. The molecular formula is C19H20FN3O. The van der Waals surface area contributed by atoms with Crippen molar-refractivity contribution >= 4 is 16.9 Å². The summed E-state index contributed by atoms with van der Waals surface area (Å²) in [6.07, 6.45) is 3.03. The zero-order chi connectivity index (χ0) is 16.9. The lowest BCUT2D eigenvalue weighted by Gasteiger charge is -2.20. The second-order valence-corrected chi connectivity index (χ2v) is 5.81. The first-order valence-corrected chi connectivity index (χ1v) is 8.12. The molecule has 0 radical (unpaired) electrons. The minimum absolute atomic E-state index is 0.00348. The molecule has 1 unspecified atom stereocenters. The summed E-state index contributed by atoms with van der Waals surface area (Å²) in [5.41, 5.74) is 2.79. The summed E-state index contributed by atoms with van der Waals surface area (Å²) in [5, 5.41) is 3.05. The number of hydrogen-bond donors (Lipinski definition) is 1. The van der Waals surface area contributed by atoms with E-state index in [1.54, 1.807) is 18.5 Å². The van der Waals surface area contributed by atoms with Gasteiger partial charge in [0.05, 0.1) is 23.4 Å². The second kappa shape index (κ2) is 7.25. The third-order valence-corrected chi connectivity index (χ3v) is 3.99. The van der Waals surface area contributed by atoms with Crippen molar-refractivity contribution in [3.63, 3.8) is 0 Å². The van der Waals surface area contributed by atoms with Crippen molar-refractivity contribution in [2.75, 3.05) is 0 Å². The Balaban J connectivity index is 1.89. The lowest BCUT2D eigenvalue weighted by molar-refractivity contribution is -0.122. The van der Waals surface area contributed by atoms with Crippen LogP contribution in [0.4, 0.5) is 4.39 Å². The molecule has 1 N–H and O–H groups in total. The van der Waals surface area contributed by atoms with E-state index in [1.165, 1.54) is 12.1 Å². The van der Waals surface area contributed by atoms with Gasteiger partial charge in [-0.3, -0.25) is 4.79 Å². The molecule has 0 aliphatic rings. The third-order valence-electron chi connectivity index (χ3n) is 3.99. The van der Waals surface area contributed by atoms with Crippen molar-refractivity contribution in [3.8, 4) is 0 Å². The predicted octanol–water partition coefficient (Wildman–Crippen LogP) is 3.83. The standard InChI is InChI=1S/C19H20FN3O/c1-2-5-19(24)22-17(14-8-10-15(20)11-9-14)12-23-13-21-16-6-3-4-7-18(16)23/h3-4,6-11,13,17H,2,5,12H2,1H3,(H,22,24). The topological polar surface area (TPSA) is 46.9 Å². The maximum absolute atomic E-state index is 13.2. The monoisotopic (exact) mass is 325 g/mol. The molecule has 5 heteroatoms. The first-order chi connectivity index (χ1) is 11.7.